The first kappa shape index (κ1) is 45.9. The highest BCUT2D eigenvalue weighted by molar-refractivity contribution is 9.11. The van der Waals surface area contributed by atoms with E-state index in [0.717, 1.165) is 24.9 Å². The quantitative estimate of drug-likeness (QED) is 0.0657. The molecule has 58 heavy (non-hydrogen) atoms. The van der Waals surface area contributed by atoms with Gasteiger partial charge in [-0.05, 0) is 162 Å². The third-order valence-electron chi connectivity index (χ3n) is 8.87. The minimum atomic E-state index is -1.14. The molecule has 4 aromatic carbocycles. The number of halogens is 8. The van der Waals surface area contributed by atoms with Crippen molar-refractivity contribution in [2.75, 3.05) is 30.3 Å². The smallest absolute Gasteiger partial charge is 0.322 e. The average Bonchev–Trinajstić information content (AvgIpc) is 4.10. The van der Waals surface area contributed by atoms with Crippen LogP contribution in [0.2, 0.25) is 10.0 Å². The summed E-state index contributed by atoms with van der Waals surface area (Å²) in [7, 11) is 0. The predicted octanol–water partition coefficient (Wildman–Crippen LogP) is 11.6. The summed E-state index contributed by atoms with van der Waals surface area (Å²) < 4.78 is 43.4. The maximum Gasteiger partial charge on any atom is 0.322 e. The molecule has 2 aliphatic carbocycles. The van der Waals surface area contributed by atoms with Gasteiger partial charge in [-0.3, -0.25) is 14.4 Å². The summed E-state index contributed by atoms with van der Waals surface area (Å²) in [6.45, 7) is 0.895. The number of aliphatic carboxylic acids is 2. The van der Waals surface area contributed by atoms with Gasteiger partial charge >= 0.3 is 11.9 Å². The van der Waals surface area contributed by atoms with Gasteiger partial charge in [0.05, 0.1) is 29.3 Å². The lowest BCUT2D eigenvalue weighted by molar-refractivity contribution is -0.137. The van der Waals surface area contributed by atoms with Crippen molar-refractivity contribution in [2.45, 2.75) is 51.7 Å². The number of hydrogen-bond donors (Lipinski definition) is 5. The van der Waals surface area contributed by atoms with Crippen molar-refractivity contribution in [1.29, 1.82) is 0 Å². The van der Waals surface area contributed by atoms with Gasteiger partial charge < -0.3 is 35.6 Å². The Morgan fingerprint density at radius 3 is 1.50 bits per heavy atom. The molecule has 0 atom stereocenters. The zero-order valence-corrected chi connectivity index (χ0v) is 38.4. The van der Waals surface area contributed by atoms with Gasteiger partial charge in [0.15, 0.2) is 11.6 Å². The lowest BCUT2D eigenvalue weighted by atomic mass is 10.1. The number of nitrogens with one attached hydrogen (secondary N) is 3. The molecule has 0 heterocycles. The Morgan fingerprint density at radius 1 is 0.672 bits per heavy atom. The van der Waals surface area contributed by atoms with Gasteiger partial charge in [0, 0.05) is 46.2 Å². The Balaban J connectivity index is 0.000000221. The summed E-state index contributed by atoms with van der Waals surface area (Å²) in [5.41, 5.74) is 2.48. The Labute approximate surface area is 377 Å². The van der Waals surface area contributed by atoms with Crippen molar-refractivity contribution in [3.63, 3.8) is 0 Å². The number of hydrogen-bond acceptors (Lipinski definition) is 7. The molecular formula is C40H37Br4Cl2F2N3O7. The fourth-order valence-electron chi connectivity index (χ4n) is 5.44. The third-order valence-corrected chi connectivity index (χ3v) is 11.7. The molecular weight excluding hydrogens is 1060 g/mol. The molecule has 0 unspecified atom stereocenters. The first-order chi connectivity index (χ1) is 27.6. The Bertz CT molecular complexity index is 2130. The number of amides is 1. The van der Waals surface area contributed by atoms with Crippen LogP contribution in [-0.4, -0.2) is 47.7 Å². The Morgan fingerprint density at radius 2 is 1.10 bits per heavy atom. The summed E-state index contributed by atoms with van der Waals surface area (Å²) >= 11 is 25.8. The summed E-state index contributed by atoms with van der Waals surface area (Å²) in [5, 5.41) is 26.8. The SMILES string of the molecule is O=C(O)CCc1cc(Br)c(OCc2cc(Cl)cc(NCC3CC3)c2F)c(Br)c1.O=C(O)CNC(=O)c1cc(Br)c(OCc2cc(Cl)cc(NCC3CC3)c2F)c(Br)c1. The van der Waals surface area contributed by atoms with Crippen molar-refractivity contribution in [2.24, 2.45) is 11.8 Å². The van der Waals surface area contributed by atoms with Crippen LogP contribution in [0.3, 0.4) is 0 Å². The number of carboxylic acid groups (broad SMARTS) is 2. The first-order valence-corrected chi connectivity index (χ1v) is 21.9. The molecule has 5 N–H and O–H groups in total. The zero-order valence-electron chi connectivity index (χ0n) is 30.5. The number of rotatable bonds is 18. The number of carbonyl (C=O) groups excluding carboxylic acids is 1. The molecule has 310 valence electrons. The Hall–Kier alpha value is -3.15. The van der Waals surface area contributed by atoms with Crippen LogP contribution in [0.1, 0.15) is 59.2 Å². The van der Waals surface area contributed by atoms with Crippen LogP contribution in [0.25, 0.3) is 0 Å². The van der Waals surface area contributed by atoms with Crippen LogP contribution in [0.5, 0.6) is 11.5 Å². The third kappa shape index (κ3) is 14.0. The molecule has 4 aromatic rings. The second-order valence-electron chi connectivity index (χ2n) is 13.7. The standard InChI is InChI=1S/C20H18Br2ClFN2O4.C20H19Br2ClFNO3/c21-14-4-11(20(29)26-8-17(27)28)5-15(22)19(14)30-9-12-3-13(23)6-16(18(12)24)25-7-10-1-2-10;21-15-5-12(3-4-18(26)27)6-16(22)20(15)28-10-13-7-14(23)8-17(19(13)24)25-9-11-1-2-11/h3-6,10,25H,1-2,7-9H2,(H,26,29)(H,27,28);5-8,11,25H,1-4,9-10H2,(H,26,27). The van der Waals surface area contributed by atoms with Crippen molar-refractivity contribution >= 4 is 116 Å². The maximum absolute atomic E-state index is 14.8. The lowest BCUT2D eigenvalue weighted by Gasteiger charge is -2.15. The lowest BCUT2D eigenvalue weighted by Crippen LogP contribution is -2.29. The van der Waals surface area contributed by atoms with E-state index in [9.17, 15) is 23.2 Å². The van der Waals surface area contributed by atoms with Crippen LogP contribution in [-0.2, 0) is 29.2 Å². The van der Waals surface area contributed by atoms with Gasteiger partial charge in [-0.2, -0.15) is 0 Å². The van der Waals surface area contributed by atoms with Crippen LogP contribution in [0, 0.1) is 23.5 Å². The fraction of sp³-hybridized carbons (Fsp3) is 0.325. The van der Waals surface area contributed by atoms with E-state index in [2.05, 4.69) is 79.7 Å². The highest BCUT2D eigenvalue weighted by Gasteiger charge is 2.23. The number of benzene rings is 4. The maximum atomic E-state index is 14.8. The van der Waals surface area contributed by atoms with Crippen molar-refractivity contribution in [1.82, 2.24) is 5.32 Å². The van der Waals surface area contributed by atoms with Crippen LogP contribution in [0.4, 0.5) is 20.2 Å². The van der Waals surface area contributed by atoms with Gasteiger partial charge in [0.25, 0.3) is 5.91 Å². The summed E-state index contributed by atoms with van der Waals surface area (Å²) in [6, 6.07) is 12.8. The number of aryl methyl sites for hydroxylation is 1. The predicted molar refractivity (Wildman–Crippen MR) is 234 cm³/mol. The normalized spacial score (nSPS) is 13.2. The van der Waals surface area contributed by atoms with E-state index >= 15 is 0 Å². The monoisotopic (exact) mass is 1090 g/mol. The molecule has 0 saturated heterocycles. The van der Waals surface area contributed by atoms with Crippen LogP contribution < -0.4 is 25.4 Å². The van der Waals surface area contributed by atoms with Crippen LogP contribution in [0.15, 0.2) is 66.4 Å². The van der Waals surface area contributed by atoms with Crippen molar-refractivity contribution in [3.05, 3.63) is 110 Å². The minimum Gasteiger partial charge on any atom is -0.486 e. The highest BCUT2D eigenvalue weighted by Crippen LogP contribution is 2.38. The van der Waals surface area contributed by atoms with Crippen LogP contribution >= 0.6 is 86.9 Å². The van der Waals surface area contributed by atoms with Crippen molar-refractivity contribution in [3.8, 4) is 11.5 Å². The highest BCUT2D eigenvalue weighted by atomic mass is 79.9. The molecule has 1 amide bonds. The van der Waals surface area contributed by atoms with E-state index in [1.165, 1.54) is 31.0 Å². The van der Waals surface area contributed by atoms with Gasteiger partial charge in [-0.25, -0.2) is 8.78 Å². The fourth-order valence-corrected chi connectivity index (χ4v) is 8.85. The molecule has 0 radical (unpaired) electrons. The van der Waals surface area contributed by atoms with E-state index in [0.29, 0.717) is 86.7 Å². The minimum absolute atomic E-state index is 0.0101. The molecule has 2 saturated carbocycles. The average molecular weight is 1100 g/mol. The molecule has 10 nitrogen and oxygen atoms in total. The van der Waals surface area contributed by atoms with Crippen molar-refractivity contribution < 1.29 is 42.9 Å². The molecule has 0 spiro atoms. The van der Waals surface area contributed by atoms with E-state index in [1.807, 2.05) is 0 Å². The molecule has 0 aromatic heterocycles. The topological polar surface area (TPSA) is 146 Å². The molecule has 2 fully saturated rings. The summed E-state index contributed by atoms with van der Waals surface area (Å²) in [6.07, 6.45) is 5.11. The molecule has 2 aliphatic rings. The first-order valence-electron chi connectivity index (χ1n) is 18.0. The largest absolute Gasteiger partial charge is 0.486 e. The molecule has 0 bridgehead atoms. The summed E-state index contributed by atoms with van der Waals surface area (Å²) in [5.74, 6) is -1.23. The van der Waals surface area contributed by atoms with E-state index < -0.39 is 30.2 Å². The van der Waals surface area contributed by atoms with Gasteiger partial charge in [0.1, 0.15) is 31.3 Å². The van der Waals surface area contributed by atoms with E-state index in [-0.39, 0.29) is 31.0 Å². The molecule has 18 heteroatoms. The Kier molecular flexibility index (Phi) is 16.9. The molecule has 6 rings (SSSR count). The summed E-state index contributed by atoms with van der Waals surface area (Å²) in [4.78, 5) is 33.4. The number of carboxylic acids is 2. The number of anilines is 2. The second-order valence-corrected chi connectivity index (χ2v) is 18.0. The zero-order chi connectivity index (χ0) is 42.1. The molecule has 0 aliphatic heterocycles. The second kappa shape index (κ2) is 21.4. The van der Waals surface area contributed by atoms with Gasteiger partial charge in [0.2, 0.25) is 0 Å². The van der Waals surface area contributed by atoms with E-state index in [1.54, 1.807) is 30.3 Å². The van der Waals surface area contributed by atoms with Gasteiger partial charge in [-0.1, -0.05) is 23.2 Å². The van der Waals surface area contributed by atoms with Gasteiger partial charge in [-0.15, -0.1) is 0 Å². The number of carbonyl (C=O) groups is 3. The van der Waals surface area contributed by atoms with E-state index in [4.69, 9.17) is 42.9 Å². The number of ether oxygens (including phenoxy) is 2.